The van der Waals surface area contributed by atoms with Gasteiger partial charge in [0.15, 0.2) is 5.78 Å². The molecule has 20 heavy (non-hydrogen) atoms. The van der Waals surface area contributed by atoms with E-state index < -0.39 is 0 Å². The molecule has 4 nitrogen and oxygen atoms in total. The Morgan fingerprint density at radius 3 is 2.45 bits per heavy atom. The van der Waals surface area contributed by atoms with Gasteiger partial charge in [-0.05, 0) is 50.6 Å². The van der Waals surface area contributed by atoms with Crippen molar-refractivity contribution in [3.05, 3.63) is 52.8 Å². The lowest BCUT2D eigenvalue weighted by atomic mass is 10.0. The van der Waals surface area contributed by atoms with E-state index in [9.17, 15) is 4.79 Å². The van der Waals surface area contributed by atoms with Crippen LogP contribution in [0.3, 0.4) is 0 Å². The first kappa shape index (κ1) is 14.2. The van der Waals surface area contributed by atoms with Gasteiger partial charge in [0.2, 0.25) is 0 Å². The number of nitrogens with zero attached hydrogens (tertiary/aromatic N) is 2. The van der Waals surface area contributed by atoms with E-state index in [0.717, 1.165) is 17.1 Å². The maximum absolute atomic E-state index is 12.5. The third kappa shape index (κ3) is 3.02. The van der Waals surface area contributed by atoms with Crippen LogP contribution in [0.1, 0.15) is 41.2 Å². The zero-order chi connectivity index (χ0) is 14.5. The molecule has 0 saturated heterocycles. The van der Waals surface area contributed by atoms with Gasteiger partial charge in [-0.3, -0.25) is 4.79 Å². The third-order valence-electron chi connectivity index (χ3n) is 3.00. The molecule has 0 unspecified atom stereocenters. The molecule has 1 heterocycles. The molecule has 0 radical (unpaired) electrons. The molecule has 0 spiro atoms. The van der Waals surface area contributed by atoms with Gasteiger partial charge in [-0.1, -0.05) is 6.92 Å². The summed E-state index contributed by atoms with van der Waals surface area (Å²) in [6.45, 7) is 6.34. The number of aryl methyl sites for hydroxylation is 2. The minimum Gasteiger partial charge on any atom is -0.494 e. The van der Waals surface area contributed by atoms with Gasteiger partial charge in [-0.25, -0.2) is 0 Å². The highest BCUT2D eigenvalue weighted by Crippen LogP contribution is 2.17. The number of ether oxygens (including phenoxy) is 1. The minimum atomic E-state index is -0.0251. The van der Waals surface area contributed by atoms with Gasteiger partial charge in [0, 0.05) is 11.1 Å². The smallest absolute Gasteiger partial charge is 0.194 e. The Labute approximate surface area is 118 Å². The van der Waals surface area contributed by atoms with Crippen molar-refractivity contribution >= 4 is 5.78 Å². The number of carbonyl (C=O) groups excluding carboxylic acids is 1. The molecule has 4 heteroatoms. The van der Waals surface area contributed by atoms with Crippen LogP contribution in [0, 0.1) is 6.92 Å². The van der Waals surface area contributed by atoms with E-state index in [4.69, 9.17) is 4.74 Å². The fourth-order valence-corrected chi connectivity index (χ4v) is 2.00. The molecular weight excluding hydrogens is 252 g/mol. The monoisotopic (exact) mass is 270 g/mol. The number of ketones is 1. The largest absolute Gasteiger partial charge is 0.494 e. The normalized spacial score (nSPS) is 10.3. The molecule has 1 aromatic heterocycles. The van der Waals surface area contributed by atoms with Gasteiger partial charge in [0.05, 0.1) is 18.0 Å². The van der Waals surface area contributed by atoms with Crippen LogP contribution in [-0.4, -0.2) is 22.6 Å². The molecule has 0 atom stereocenters. The van der Waals surface area contributed by atoms with Gasteiger partial charge in [0.1, 0.15) is 5.75 Å². The van der Waals surface area contributed by atoms with Crippen LogP contribution >= 0.6 is 0 Å². The quantitative estimate of drug-likeness (QED) is 0.784. The fraction of sp³-hybridized carbons (Fsp3) is 0.312. The standard InChI is InChI=1S/C16H18N2O2/c1-4-15-14(10-11(3)17-18-15)16(19)12-6-8-13(9-7-12)20-5-2/h6-10H,4-5H2,1-3H3. The molecule has 0 fully saturated rings. The molecule has 2 aromatic rings. The lowest BCUT2D eigenvalue weighted by molar-refractivity contribution is 0.103. The van der Waals surface area contributed by atoms with Gasteiger partial charge >= 0.3 is 0 Å². The van der Waals surface area contributed by atoms with Crippen molar-refractivity contribution in [2.45, 2.75) is 27.2 Å². The van der Waals surface area contributed by atoms with Crippen LogP contribution in [0.4, 0.5) is 0 Å². The van der Waals surface area contributed by atoms with E-state index in [-0.39, 0.29) is 5.78 Å². The zero-order valence-corrected chi connectivity index (χ0v) is 12.0. The van der Waals surface area contributed by atoms with E-state index in [1.165, 1.54) is 0 Å². The minimum absolute atomic E-state index is 0.0251. The van der Waals surface area contributed by atoms with Gasteiger partial charge in [0.25, 0.3) is 0 Å². The topological polar surface area (TPSA) is 52.1 Å². The molecule has 1 aromatic carbocycles. The third-order valence-corrected chi connectivity index (χ3v) is 3.00. The number of hydrogen-bond donors (Lipinski definition) is 0. The Morgan fingerprint density at radius 1 is 1.15 bits per heavy atom. The molecular formula is C16H18N2O2. The average molecular weight is 270 g/mol. The van der Waals surface area contributed by atoms with Crippen LogP contribution in [0.5, 0.6) is 5.75 Å². The Bertz CT molecular complexity index is 606. The Hall–Kier alpha value is -2.23. The summed E-state index contributed by atoms with van der Waals surface area (Å²) >= 11 is 0. The summed E-state index contributed by atoms with van der Waals surface area (Å²) < 4.78 is 5.38. The number of aromatic nitrogens is 2. The van der Waals surface area contributed by atoms with E-state index in [1.54, 1.807) is 18.2 Å². The van der Waals surface area contributed by atoms with Crippen LogP contribution in [0.25, 0.3) is 0 Å². The summed E-state index contributed by atoms with van der Waals surface area (Å²) in [7, 11) is 0. The number of hydrogen-bond acceptors (Lipinski definition) is 4. The summed E-state index contributed by atoms with van der Waals surface area (Å²) in [6.07, 6.45) is 0.686. The second-order valence-corrected chi connectivity index (χ2v) is 4.49. The second-order valence-electron chi connectivity index (χ2n) is 4.49. The van der Waals surface area contributed by atoms with E-state index in [1.807, 2.05) is 32.9 Å². The first-order chi connectivity index (χ1) is 9.65. The summed E-state index contributed by atoms with van der Waals surface area (Å²) in [5.74, 6) is 0.742. The summed E-state index contributed by atoms with van der Waals surface area (Å²) in [6, 6.07) is 8.98. The van der Waals surface area contributed by atoms with Crippen LogP contribution < -0.4 is 4.74 Å². The first-order valence-corrected chi connectivity index (χ1v) is 6.76. The van der Waals surface area contributed by atoms with E-state index >= 15 is 0 Å². The second kappa shape index (κ2) is 6.28. The predicted molar refractivity (Wildman–Crippen MR) is 77.2 cm³/mol. The summed E-state index contributed by atoms with van der Waals surface area (Å²) in [5, 5.41) is 8.10. The Balaban J connectivity index is 2.33. The van der Waals surface area contributed by atoms with Crippen LogP contribution in [0.2, 0.25) is 0 Å². The van der Waals surface area contributed by atoms with Crippen molar-refractivity contribution in [2.75, 3.05) is 6.61 Å². The number of carbonyl (C=O) groups is 1. The molecule has 0 bridgehead atoms. The number of rotatable bonds is 5. The molecule has 2 rings (SSSR count). The van der Waals surface area contributed by atoms with E-state index in [0.29, 0.717) is 24.2 Å². The van der Waals surface area contributed by atoms with E-state index in [2.05, 4.69) is 10.2 Å². The molecule has 104 valence electrons. The van der Waals surface area contributed by atoms with Crippen molar-refractivity contribution in [1.82, 2.24) is 10.2 Å². The molecule has 0 amide bonds. The zero-order valence-electron chi connectivity index (χ0n) is 12.0. The van der Waals surface area contributed by atoms with Gasteiger partial charge in [-0.15, -0.1) is 0 Å². The highest BCUT2D eigenvalue weighted by atomic mass is 16.5. The van der Waals surface area contributed by atoms with Crippen LogP contribution in [-0.2, 0) is 6.42 Å². The Kier molecular flexibility index (Phi) is 4.45. The van der Waals surface area contributed by atoms with Crippen molar-refractivity contribution in [2.24, 2.45) is 0 Å². The van der Waals surface area contributed by atoms with Crippen molar-refractivity contribution < 1.29 is 9.53 Å². The molecule has 0 aliphatic heterocycles. The molecule has 0 saturated carbocycles. The fourth-order valence-electron chi connectivity index (χ4n) is 2.00. The number of benzene rings is 1. The Morgan fingerprint density at radius 2 is 1.85 bits per heavy atom. The molecule has 0 N–H and O–H groups in total. The van der Waals surface area contributed by atoms with Gasteiger partial charge in [-0.2, -0.15) is 10.2 Å². The maximum Gasteiger partial charge on any atom is 0.194 e. The summed E-state index contributed by atoms with van der Waals surface area (Å²) in [4.78, 5) is 12.5. The van der Waals surface area contributed by atoms with Crippen molar-refractivity contribution in [1.29, 1.82) is 0 Å². The SMILES string of the molecule is CCOc1ccc(C(=O)c2cc(C)nnc2CC)cc1. The van der Waals surface area contributed by atoms with Crippen molar-refractivity contribution in [3.63, 3.8) is 0 Å². The maximum atomic E-state index is 12.5. The lowest BCUT2D eigenvalue weighted by Gasteiger charge is -2.07. The lowest BCUT2D eigenvalue weighted by Crippen LogP contribution is -2.09. The van der Waals surface area contributed by atoms with Gasteiger partial charge < -0.3 is 4.74 Å². The predicted octanol–water partition coefficient (Wildman–Crippen LogP) is 2.98. The molecule has 0 aliphatic rings. The highest BCUT2D eigenvalue weighted by Gasteiger charge is 2.15. The van der Waals surface area contributed by atoms with Crippen molar-refractivity contribution in [3.8, 4) is 5.75 Å². The molecule has 0 aliphatic carbocycles. The average Bonchev–Trinajstić information content (AvgIpc) is 2.47. The van der Waals surface area contributed by atoms with Crippen LogP contribution in [0.15, 0.2) is 30.3 Å². The first-order valence-electron chi connectivity index (χ1n) is 6.76. The summed E-state index contributed by atoms with van der Waals surface area (Å²) in [5.41, 5.74) is 2.74. The highest BCUT2D eigenvalue weighted by molar-refractivity contribution is 6.09.